The van der Waals surface area contributed by atoms with Crippen LogP contribution in [-0.2, 0) is 13.2 Å². The summed E-state index contributed by atoms with van der Waals surface area (Å²) in [6, 6.07) is 34.3. The number of carbonyl (C=O) groups excluding carboxylic acids is 1. The van der Waals surface area contributed by atoms with Gasteiger partial charge in [0.25, 0.3) is 5.91 Å². The third-order valence-electron chi connectivity index (χ3n) is 5.88. The number of hydrogen-bond acceptors (Lipinski definition) is 5. The van der Waals surface area contributed by atoms with Gasteiger partial charge in [0.05, 0.1) is 12.8 Å². The van der Waals surface area contributed by atoms with E-state index in [2.05, 4.69) is 15.5 Å². The van der Waals surface area contributed by atoms with Crippen LogP contribution in [0.1, 0.15) is 21.6 Å². The molecule has 1 amide bonds. The minimum atomic E-state index is -0.302. The highest BCUT2D eigenvalue weighted by atomic mass is 16.5. The lowest BCUT2D eigenvalue weighted by molar-refractivity contribution is 0.102. The van der Waals surface area contributed by atoms with Gasteiger partial charge in [0, 0.05) is 17.3 Å². The fourth-order valence-electron chi connectivity index (χ4n) is 3.85. The van der Waals surface area contributed by atoms with Crippen molar-refractivity contribution in [2.24, 2.45) is 0 Å². The Labute approximate surface area is 221 Å². The van der Waals surface area contributed by atoms with Crippen molar-refractivity contribution in [3.05, 3.63) is 126 Å². The molecule has 1 aromatic heterocycles. The average molecular weight is 506 g/mol. The van der Waals surface area contributed by atoms with Crippen molar-refractivity contribution in [1.29, 1.82) is 0 Å². The van der Waals surface area contributed by atoms with E-state index in [1.54, 1.807) is 37.4 Å². The number of aromatic nitrogens is 2. The first kappa shape index (κ1) is 24.6. The summed E-state index contributed by atoms with van der Waals surface area (Å²) in [5.74, 6) is 1.69. The maximum absolute atomic E-state index is 12.8. The Bertz CT molecular complexity index is 1480. The molecular weight excluding hydrogens is 478 g/mol. The number of H-pyrrole nitrogens is 1. The highest BCUT2D eigenvalue weighted by Crippen LogP contribution is 2.34. The third-order valence-corrected chi connectivity index (χ3v) is 5.88. The number of nitrogens with one attached hydrogen (secondary N) is 2. The highest BCUT2D eigenvalue weighted by Gasteiger charge is 2.16. The van der Waals surface area contributed by atoms with Crippen molar-refractivity contribution < 1.29 is 19.0 Å². The Kier molecular flexibility index (Phi) is 7.65. The van der Waals surface area contributed by atoms with E-state index in [4.69, 9.17) is 14.2 Å². The molecule has 0 unspecified atom stereocenters. The van der Waals surface area contributed by atoms with Crippen LogP contribution in [0.2, 0.25) is 0 Å². The Morgan fingerprint density at radius 3 is 2.05 bits per heavy atom. The second-order valence-corrected chi connectivity index (χ2v) is 8.56. The quantitative estimate of drug-likeness (QED) is 0.226. The van der Waals surface area contributed by atoms with Crippen molar-refractivity contribution in [3.63, 3.8) is 0 Å². The maximum Gasteiger partial charge on any atom is 0.273 e. The Morgan fingerprint density at radius 2 is 1.39 bits per heavy atom. The number of methoxy groups -OCH3 is 1. The molecule has 0 spiro atoms. The first-order chi connectivity index (χ1) is 18.7. The summed E-state index contributed by atoms with van der Waals surface area (Å²) in [4.78, 5) is 12.8. The molecule has 0 fully saturated rings. The topological polar surface area (TPSA) is 85.5 Å². The summed E-state index contributed by atoms with van der Waals surface area (Å²) >= 11 is 0. The number of carbonyl (C=O) groups is 1. The van der Waals surface area contributed by atoms with Gasteiger partial charge in [-0.1, -0.05) is 60.7 Å². The molecule has 38 heavy (non-hydrogen) atoms. The van der Waals surface area contributed by atoms with Gasteiger partial charge in [0.15, 0.2) is 0 Å². The summed E-state index contributed by atoms with van der Waals surface area (Å²) in [6.07, 6.45) is 0. The second kappa shape index (κ2) is 11.8. The molecule has 0 radical (unpaired) electrons. The summed E-state index contributed by atoms with van der Waals surface area (Å²) in [6.45, 7) is 0.821. The van der Waals surface area contributed by atoms with Gasteiger partial charge in [0.2, 0.25) is 0 Å². The van der Waals surface area contributed by atoms with E-state index >= 15 is 0 Å². The molecule has 4 aromatic carbocycles. The van der Waals surface area contributed by atoms with Gasteiger partial charge in [-0.3, -0.25) is 9.89 Å². The van der Waals surface area contributed by atoms with Gasteiger partial charge >= 0.3 is 0 Å². The molecule has 0 atom stereocenters. The van der Waals surface area contributed by atoms with Crippen LogP contribution >= 0.6 is 0 Å². The Morgan fingerprint density at radius 1 is 0.763 bits per heavy atom. The number of amides is 1. The number of aromatic amines is 1. The second-order valence-electron chi connectivity index (χ2n) is 8.56. The predicted molar refractivity (Wildman–Crippen MR) is 147 cm³/mol. The molecule has 1 heterocycles. The van der Waals surface area contributed by atoms with E-state index in [1.165, 1.54) is 0 Å². The van der Waals surface area contributed by atoms with Gasteiger partial charge in [-0.2, -0.15) is 5.10 Å². The van der Waals surface area contributed by atoms with E-state index < -0.39 is 0 Å². The fraction of sp³-hybridized carbons (Fsp3) is 0.0968. The standard InChI is InChI=1S/C31H27N3O4/c1-36-25-14-12-24(13-15-25)32-31(35)29-19-28(33-34-29)27-17-16-26(37-20-22-8-4-2-5-9-22)18-30(27)38-21-23-10-6-3-7-11-23/h2-19H,20-21H2,1H3,(H,32,35)(H,33,34). The lowest BCUT2D eigenvalue weighted by Gasteiger charge is -2.13. The summed E-state index contributed by atoms with van der Waals surface area (Å²) in [7, 11) is 1.60. The lowest BCUT2D eigenvalue weighted by atomic mass is 10.1. The SMILES string of the molecule is COc1ccc(NC(=O)c2cc(-c3ccc(OCc4ccccc4)cc3OCc3ccccc3)n[nH]2)cc1. The van der Waals surface area contributed by atoms with E-state index in [0.717, 1.165) is 16.7 Å². The van der Waals surface area contributed by atoms with Crippen LogP contribution in [0.15, 0.2) is 109 Å². The number of nitrogens with zero attached hydrogens (tertiary/aromatic N) is 1. The van der Waals surface area contributed by atoms with Gasteiger partial charge in [0.1, 0.15) is 36.2 Å². The zero-order valence-electron chi connectivity index (χ0n) is 20.9. The molecule has 7 heteroatoms. The smallest absolute Gasteiger partial charge is 0.273 e. The van der Waals surface area contributed by atoms with E-state index in [9.17, 15) is 4.79 Å². The van der Waals surface area contributed by atoms with Crippen LogP contribution in [0, 0.1) is 0 Å². The van der Waals surface area contributed by atoms with Crippen molar-refractivity contribution in [2.75, 3.05) is 12.4 Å². The number of ether oxygens (including phenoxy) is 3. The van der Waals surface area contributed by atoms with Crippen molar-refractivity contribution >= 4 is 11.6 Å². The first-order valence-corrected chi connectivity index (χ1v) is 12.2. The molecule has 0 saturated carbocycles. The van der Waals surface area contributed by atoms with Crippen LogP contribution in [0.4, 0.5) is 5.69 Å². The molecule has 5 rings (SSSR count). The number of benzene rings is 4. The summed E-state index contributed by atoms with van der Waals surface area (Å²) in [5, 5.41) is 10.1. The molecule has 0 aliphatic heterocycles. The molecular formula is C31H27N3O4. The van der Waals surface area contributed by atoms with Gasteiger partial charge in [-0.15, -0.1) is 0 Å². The molecule has 190 valence electrons. The molecule has 5 aromatic rings. The van der Waals surface area contributed by atoms with Crippen LogP contribution in [0.5, 0.6) is 17.2 Å². The molecule has 0 saturated heterocycles. The normalized spacial score (nSPS) is 10.6. The first-order valence-electron chi connectivity index (χ1n) is 12.2. The van der Waals surface area contributed by atoms with Crippen LogP contribution in [-0.4, -0.2) is 23.2 Å². The van der Waals surface area contributed by atoms with Gasteiger partial charge in [-0.25, -0.2) is 0 Å². The zero-order valence-corrected chi connectivity index (χ0v) is 20.9. The van der Waals surface area contributed by atoms with E-state index in [0.29, 0.717) is 47.5 Å². The van der Waals surface area contributed by atoms with E-state index in [-0.39, 0.29) is 5.91 Å². The largest absolute Gasteiger partial charge is 0.497 e. The summed E-state index contributed by atoms with van der Waals surface area (Å²) in [5.41, 5.74) is 4.42. The number of rotatable bonds is 10. The van der Waals surface area contributed by atoms with Gasteiger partial charge in [-0.05, 0) is 53.6 Å². The number of hydrogen-bond donors (Lipinski definition) is 2. The molecule has 0 aliphatic carbocycles. The third kappa shape index (κ3) is 6.20. The molecule has 0 bridgehead atoms. The predicted octanol–water partition coefficient (Wildman–Crippen LogP) is 6.50. The monoisotopic (exact) mass is 505 g/mol. The van der Waals surface area contributed by atoms with Crippen molar-refractivity contribution in [2.45, 2.75) is 13.2 Å². The fourth-order valence-corrected chi connectivity index (χ4v) is 3.85. The summed E-state index contributed by atoms with van der Waals surface area (Å²) < 4.78 is 17.4. The van der Waals surface area contributed by atoms with Crippen LogP contribution < -0.4 is 19.5 Å². The minimum absolute atomic E-state index is 0.302. The maximum atomic E-state index is 12.8. The molecule has 0 aliphatic rings. The van der Waals surface area contributed by atoms with Crippen molar-refractivity contribution in [1.82, 2.24) is 10.2 Å². The zero-order chi connectivity index (χ0) is 26.2. The highest BCUT2D eigenvalue weighted by molar-refractivity contribution is 6.03. The average Bonchev–Trinajstić information content (AvgIpc) is 3.47. The number of anilines is 1. The molecule has 2 N–H and O–H groups in total. The lowest BCUT2D eigenvalue weighted by Crippen LogP contribution is -2.12. The van der Waals surface area contributed by atoms with Gasteiger partial charge < -0.3 is 19.5 Å². The van der Waals surface area contributed by atoms with Crippen LogP contribution in [0.25, 0.3) is 11.3 Å². The van der Waals surface area contributed by atoms with E-state index in [1.807, 2.05) is 78.9 Å². The Balaban J connectivity index is 1.35. The van der Waals surface area contributed by atoms with Crippen molar-refractivity contribution in [3.8, 4) is 28.5 Å². The molecule has 7 nitrogen and oxygen atoms in total. The van der Waals surface area contributed by atoms with Crippen LogP contribution in [0.3, 0.4) is 0 Å². The Hall–Kier alpha value is -5.04. The minimum Gasteiger partial charge on any atom is -0.497 e.